The van der Waals surface area contributed by atoms with E-state index in [1.54, 1.807) is 19.2 Å². The Morgan fingerprint density at radius 1 is 1.17 bits per heavy atom. The number of hydrogen-bond donors (Lipinski definition) is 1. The van der Waals surface area contributed by atoms with Crippen LogP contribution in [0.3, 0.4) is 0 Å². The van der Waals surface area contributed by atoms with E-state index in [-0.39, 0.29) is 11.9 Å². The molecular weight excluding hydrogens is 403 g/mol. The number of ether oxygens (including phenoxy) is 1. The molecular formula is C22H19FN4O2S. The molecule has 1 amide bonds. The largest absolute Gasteiger partial charge is 0.496 e. The van der Waals surface area contributed by atoms with Crippen LogP contribution in [0.25, 0.3) is 16.4 Å². The number of amides is 1. The molecule has 1 atom stereocenters. The van der Waals surface area contributed by atoms with Crippen LogP contribution >= 0.6 is 11.3 Å². The van der Waals surface area contributed by atoms with Crippen molar-refractivity contribution in [1.82, 2.24) is 20.1 Å². The molecule has 30 heavy (non-hydrogen) atoms. The van der Waals surface area contributed by atoms with Crippen molar-refractivity contribution in [3.8, 4) is 22.1 Å². The summed E-state index contributed by atoms with van der Waals surface area (Å²) in [7, 11) is 1.59. The van der Waals surface area contributed by atoms with Gasteiger partial charge in [0.2, 0.25) is 5.82 Å². The first-order chi connectivity index (χ1) is 14.6. The van der Waals surface area contributed by atoms with Crippen LogP contribution in [0.4, 0.5) is 4.39 Å². The van der Waals surface area contributed by atoms with Crippen LogP contribution in [0.15, 0.2) is 66.0 Å². The van der Waals surface area contributed by atoms with Crippen LogP contribution in [-0.2, 0) is 0 Å². The summed E-state index contributed by atoms with van der Waals surface area (Å²) in [5, 5.41) is 9.18. The Hall–Kier alpha value is -3.52. The highest BCUT2D eigenvalue weighted by molar-refractivity contribution is 7.13. The smallest absolute Gasteiger partial charge is 0.291 e. The minimum absolute atomic E-state index is 0.00408. The summed E-state index contributed by atoms with van der Waals surface area (Å²) in [6.07, 6.45) is 0. The minimum Gasteiger partial charge on any atom is -0.496 e. The molecule has 0 saturated heterocycles. The maximum atomic E-state index is 13.8. The second kappa shape index (κ2) is 8.46. The molecule has 0 aliphatic heterocycles. The highest BCUT2D eigenvalue weighted by atomic mass is 32.1. The number of nitrogens with zero attached hydrogens (tertiary/aromatic N) is 3. The Labute approximate surface area is 177 Å². The molecule has 8 heteroatoms. The molecule has 1 N–H and O–H groups in total. The summed E-state index contributed by atoms with van der Waals surface area (Å²) in [6, 6.07) is 16.9. The van der Waals surface area contributed by atoms with Crippen LogP contribution in [0, 0.1) is 5.82 Å². The third-order valence-electron chi connectivity index (χ3n) is 4.56. The van der Waals surface area contributed by atoms with Gasteiger partial charge < -0.3 is 10.1 Å². The summed E-state index contributed by atoms with van der Waals surface area (Å²) >= 11 is 1.46. The maximum absolute atomic E-state index is 13.8. The van der Waals surface area contributed by atoms with Crippen LogP contribution in [0.2, 0.25) is 0 Å². The number of carbonyl (C=O) groups is 1. The zero-order valence-electron chi connectivity index (χ0n) is 16.4. The molecule has 2 aromatic heterocycles. The fourth-order valence-corrected chi connectivity index (χ4v) is 3.82. The van der Waals surface area contributed by atoms with E-state index in [0.29, 0.717) is 17.3 Å². The fraction of sp³-hybridized carbons (Fsp3) is 0.136. The molecule has 0 spiro atoms. The molecule has 1 unspecified atom stereocenters. The van der Waals surface area contributed by atoms with E-state index in [9.17, 15) is 9.18 Å². The van der Waals surface area contributed by atoms with E-state index in [1.807, 2.05) is 48.7 Å². The topological polar surface area (TPSA) is 69.0 Å². The Bertz CT molecular complexity index is 1170. The minimum atomic E-state index is -0.429. The molecule has 4 aromatic rings. The predicted molar refractivity (Wildman–Crippen MR) is 114 cm³/mol. The van der Waals surface area contributed by atoms with E-state index < -0.39 is 11.7 Å². The van der Waals surface area contributed by atoms with Crippen molar-refractivity contribution in [3.05, 3.63) is 83.2 Å². The maximum Gasteiger partial charge on any atom is 0.291 e. The molecule has 0 saturated carbocycles. The number of rotatable bonds is 6. The number of methoxy groups -OCH3 is 1. The Kier molecular flexibility index (Phi) is 5.58. The van der Waals surface area contributed by atoms with Crippen molar-refractivity contribution >= 4 is 17.2 Å². The average molecular weight is 422 g/mol. The van der Waals surface area contributed by atoms with Gasteiger partial charge in [0.25, 0.3) is 5.91 Å². The molecule has 2 heterocycles. The van der Waals surface area contributed by atoms with Gasteiger partial charge in [0.15, 0.2) is 5.82 Å². The number of halogens is 1. The molecule has 0 aliphatic rings. The Morgan fingerprint density at radius 2 is 2.00 bits per heavy atom. The summed E-state index contributed by atoms with van der Waals surface area (Å²) in [5.74, 6) is 0.343. The van der Waals surface area contributed by atoms with Crippen molar-refractivity contribution in [1.29, 1.82) is 0 Å². The van der Waals surface area contributed by atoms with Gasteiger partial charge in [-0.15, -0.1) is 16.4 Å². The Morgan fingerprint density at radius 3 is 2.73 bits per heavy atom. The van der Waals surface area contributed by atoms with Crippen molar-refractivity contribution in [2.75, 3.05) is 7.11 Å². The van der Waals surface area contributed by atoms with Gasteiger partial charge >= 0.3 is 0 Å². The fourth-order valence-electron chi connectivity index (χ4n) is 3.12. The first kappa shape index (κ1) is 19.8. The first-order valence-electron chi connectivity index (χ1n) is 9.27. The van der Waals surface area contributed by atoms with Gasteiger partial charge in [-0.05, 0) is 42.6 Å². The SMILES string of the molecule is COc1ccccc1C(C)NC(=O)c1nc(-c2cccs2)n(-c2cccc(F)c2)n1. The molecule has 0 aliphatic carbocycles. The van der Waals surface area contributed by atoms with E-state index in [2.05, 4.69) is 15.4 Å². The Balaban J connectivity index is 1.67. The lowest BCUT2D eigenvalue weighted by Gasteiger charge is -2.16. The summed E-state index contributed by atoms with van der Waals surface area (Å²) in [6.45, 7) is 1.86. The second-order valence-corrected chi connectivity index (χ2v) is 7.51. The van der Waals surface area contributed by atoms with Gasteiger partial charge in [-0.2, -0.15) is 0 Å². The van der Waals surface area contributed by atoms with Gasteiger partial charge in [-0.25, -0.2) is 14.1 Å². The quantitative estimate of drug-likeness (QED) is 0.492. The van der Waals surface area contributed by atoms with E-state index in [1.165, 1.54) is 28.2 Å². The molecule has 0 fully saturated rings. The predicted octanol–water partition coefficient (Wildman–Crippen LogP) is 4.63. The van der Waals surface area contributed by atoms with E-state index >= 15 is 0 Å². The number of hydrogen-bond acceptors (Lipinski definition) is 5. The van der Waals surface area contributed by atoms with Gasteiger partial charge in [0.05, 0.1) is 23.7 Å². The number of aromatic nitrogens is 3. The number of nitrogens with one attached hydrogen (secondary N) is 1. The van der Waals surface area contributed by atoms with Crippen molar-refractivity contribution in [2.24, 2.45) is 0 Å². The molecule has 4 rings (SSSR count). The summed E-state index contributed by atoms with van der Waals surface area (Å²) in [5.41, 5.74) is 1.33. The zero-order chi connectivity index (χ0) is 21.1. The molecule has 0 radical (unpaired) electrons. The second-order valence-electron chi connectivity index (χ2n) is 6.57. The van der Waals surface area contributed by atoms with Gasteiger partial charge in [0, 0.05) is 5.56 Å². The monoisotopic (exact) mass is 422 g/mol. The summed E-state index contributed by atoms with van der Waals surface area (Å²) < 4.78 is 20.6. The van der Waals surface area contributed by atoms with Crippen LogP contribution < -0.4 is 10.1 Å². The van der Waals surface area contributed by atoms with Crippen molar-refractivity contribution in [3.63, 3.8) is 0 Å². The molecule has 2 aromatic carbocycles. The number of para-hydroxylation sites is 1. The lowest BCUT2D eigenvalue weighted by atomic mass is 10.1. The van der Waals surface area contributed by atoms with Crippen LogP contribution in [0.5, 0.6) is 5.75 Å². The third kappa shape index (κ3) is 3.95. The van der Waals surface area contributed by atoms with Crippen molar-refractivity contribution in [2.45, 2.75) is 13.0 Å². The molecule has 152 valence electrons. The van der Waals surface area contributed by atoms with Crippen LogP contribution in [-0.4, -0.2) is 27.8 Å². The normalized spacial score (nSPS) is 11.8. The molecule has 0 bridgehead atoms. The third-order valence-corrected chi connectivity index (χ3v) is 5.42. The summed E-state index contributed by atoms with van der Waals surface area (Å²) in [4.78, 5) is 18.2. The van der Waals surface area contributed by atoms with Crippen LogP contribution in [0.1, 0.15) is 29.1 Å². The molecule has 6 nitrogen and oxygen atoms in total. The lowest BCUT2D eigenvalue weighted by molar-refractivity contribution is 0.0929. The van der Waals surface area contributed by atoms with E-state index in [0.717, 1.165) is 10.4 Å². The van der Waals surface area contributed by atoms with E-state index in [4.69, 9.17) is 4.74 Å². The first-order valence-corrected chi connectivity index (χ1v) is 10.2. The highest BCUT2D eigenvalue weighted by Crippen LogP contribution is 2.27. The average Bonchev–Trinajstić information content (AvgIpc) is 3.43. The van der Waals surface area contributed by atoms with Crippen molar-refractivity contribution < 1.29 is 13.9 Å². The number of carbonyl (C=O) groups excluding carboxylic acids is 1. The highest BCUT2D eigenvalue weighted by Gasteiger charge is 2.22. The standard InChI is InChI=1S/C22H19FN4O2S/c1-14(17-9-3-4-10-18(17)29-2)24-22(28)20-25-21(19-11-6-12-30-19)27(26-20)16-8-5-7-15(23)13-16/h3-14H,1-2H3,(H,24,28). The number of benzene rings is 2. The van der Waals surface area contributed by atoms with Gasteiger partial charge in [-0.3, -0.25) is 4.79 Å². The lowest BCUT2D eigenvalue weighted by Crippen LogP contribution is -2.28. The zero-order valence-corrected chi connectivity index (χ0v) is 17.2. The van der Waals surface area contributed by atoms with Gasteiger partial charge in [-0.1, -0.05) is 30.3 Å². The van der Waals surface area contributed by atoms with Gasteiger partial charge in [0.1, 0.15) is 11.6 Å². The number of thiophene rings is 1.